The van der Waals surface area contributed by atoms with Crippen molar-refractivity contribution in [3.05, 3.63) is 35.6 Å². The first kappa shape index (κ1) is 13.6. The van der Waals surface area contributed by atoms with Crippen LogP contribution in [0.2, 0.25) is 0 Å². The number of hydrogen-bond donors (Lipinski definition) is 2. The Kier molecular flexibility index (Phi) is 4.63. The van der Waals surface area contributed by atoms with Crippen LogP contribution in [0, 0.1) is 5.82 Å². The molecule has 0 saturated heterocycles. The molecule has 0 saturated carbocycles. The van der Waals surface area contributed by atoms with Crippen molar-refractivity contribution in [2.45, 2.75) is 32.2 Å². The van der Waals surface area contributed by atoms with E-state index in [1.165, 1.54) is 12.1 Å². The molecule has 2 N–H and O–H groups in total. The van der Waals surface area contributed by atoms with Crippen molar-refractivity contribution in [1.82, 2.24) is 5.32 Å². The fourth-order valence-corrected chi connectivity index (χ4v) is 1.67. The largest absolute Gasteiger partial charge is 0.480 e. The second kappa shape index (κ2) is 5.77. The van der Waals surface area contributed by atoms with E-state index in [4.69, 9.17) is 0 Å². The van der Waals surface area contributed by atoms with Crippen molar-refractivity contribution in [3.63, 3.8) is 0 Å². The Morgan fingerprint density at radius 2 is 2.24 bits per heavy atom. The van der Waals surface area contributed by atoms with E-state index < -0.39 is 11.5 Å². The van der Waals surface area contributed by atoms with E-state index in [0.717, 1.165) is 6.42 Å². The molecule has 3 nitrogen and oxygen atoms in total. The highest BCUT2D eigenvalue weighted by molar-refractivity contribution is 5.78. The zero-order chi connectivity index (χ0) is 12.9. The summed E-state index contributed by atoms with van der Waals surface area (Å²) < 4.78 is 13.0. The summed E-state index contributed by atoms with van der Waals surface area (Å²) in [5.41, 5.74) is -0.373. The van der Waals surface area contributed by atoms with Crippen LogP contribution in [-0.4, -0.2) is 23.2 Å². The summed E-state index contributed by atoms with van der Waals surface area (Å²) in [6.07, 6.45) is 1.12. The second-order valence-electron chi connectivity index (χ2n) is 4.37. The summed E-state index contributed by atoms with van der Waals surface area (Å²) in [4.78, 5) is 11.3. The van der Waals surface area contributed by atoms with Gasteiger partial charge in [0.15, 0.2) is 0 Å². The van der Waals surface area contributed by atoms with Gasteiger partial charge in [0.1, 0.15) is 11.4 Å². The van der Waals surface area contributed by atoms with Crippen LogP contribution in [0.15, 0.2) is 24.3 Å². The van der Waals surface area contributed by atoms with Gasteiger partial charge in [0.2, 0.25) is 0 Å². The molecule has 0 aliphatic carbocycles. The highest BCUT2D eigenvalue weighted by Gasteiger charge is 2.32. The van der Waals surface area contributed by atoms with Crippen LogP contribution in [0.4, 0.5) is 4.39 Å². The molecule has 0 fully saturated rings. The van der Waals surface area contributed by atoms with E-state index >= 15 is 0 Å². The highest BCUT2D eigenvalue weighted by Crippen LogP contribution is 2.15. The number of hydrogen-bond acceptors (Lipinski definition) is 2. The van der Waals surface area contributed by atoms with E-state index in [1.54, 1.807) is 19.1 Å². The lowest BCUT2D eigenvalue weighted by atomic mass is 9.92. The fraction of sp³-hybridized carbons (Fsp3) is 0.462. The number of benzene rings is 1. The molecular formula is C13H18FNO2. The van der Waals surface area contributed by atoms with Gasteiger partial charge in [-0.2, -0.15) is 0 Å². The molecule has 94 valence electrons. The molecule has 1 aromatic rings. The maximum Gasteiger partial charge on any atom is 0.323 e. The molecule has 1 rings (SSSR count). The predicted molar refractivity (Wildman–Crippen MR) is 64.4 cm³/mol. The van der Waals surface area contributed by atoms with Crippen LogP contribution >= 0.6 is 0 Å². The van der Waals surface area contributed by atoms with Gasteiger partial charge in [0, 0.05) is 6.42 Å². The van der Waals surface area contributed by atoms with E-state index in [0.29, 0.717) is 12.1 Å². The minimum atomic E-state index is -1.05. The van der Waals surface area contributed by atoms with Gasteiger partial charge in [-0.15, -0.1) is 0 Å². The lowest BCUT2D eigenvalue weighted by Gasteiger charge is -2.26. The van der Waals surface area contributed by atoms with Crippen LogP contribution in [-0.2, 0) is 11.2 Å². The predicted octanol–water partition coefficient (Wildman–Crippen LogP) is 2.21. The Balaban J connectivity index is 2.83. The lowest BCUT2D eigenvalue weighted by molar-refractivity contribution is -0.144. The standard InChI is InChI=1S/C13H18FNO2/c1-3-7-15-13(2,12(16)17)9-10-5-4-6-11(14)8-10/h4-6,8,15H,3,7,9H2,1-2H3,(H,16,17). The van der Waals surface area contributed by atoms with Gasteiger partial charge in [-0.05, 0) is 37.6 Å². The molecule has 1 unspecified atom stereocenters. The van der Waals surface area contributed by atoms with Crippen LogP contribution < -0.4 is 5.32 Å². The fourth-order valence-electron chi connectivity index (χ4n) is 1.67. The molecule has 1 aromatic carbocycles. The van der Waals surface area contributed by atoms with E-state index in [9.17, 15) is 14.3 Å². The van der Waals surface area contributed by atoms with Crippen LogP contribution in [0.3, 0.4) is 0 Å². The van der Waals surface area contributed by atoms with Crippen molar-refractivity contribution >= 4 is 5.97 Å². The molecule has 0 aromatic heterocycles. The zero-order valence-electron chi connectivity index (χ0n) is 10.2. The Morgan fingerprint density at radius 1 is 1.53 bits per heavy atom. The van der Waals surface area contributed by atoms with E-state index in [1.807, 2.05) is 6.92 Å². The second-order valence-corrected chi connectivity index (χ2v) is 4.37. The first-order valence-corrected chi connectivity index (χ1v) is 5.71. The van der Waals surface area contributed by atoms with Crippen molar-refractivity contribution < 1.29 is 14.3 Å². The number of carbonyl (C=O) groups is 1. The molecular weight excluding hydrogens is 221 g/mol. The number of nitrogens with one attached hydrogen (secondary N) is 1. The van der Waals surface area contributed by atoms with Crippen LogP contribution in [0.5, 0.6) is 0 Å². The van der Waals surface area contributed by atoms with Crippen LogP contribution in [0.25, 0.3) is 0 Å². The molecule has 0 spiro atoms. The van der Waals surface area contributed by atoms with Crippen molar-refractivity contribution in [1.29, 1.82) is 0 Å². The number of rotatable bonds is 6. The summed E-state index contributed by atoms with van der Waals surface area (Å²) in [6, 6.07) is 6.04. The smallest absolute Gasteiger partial charge is 0.323 e. The van der Waals surface area contributed by atoms with E-state index in [-0.39, 0.29) is 12.2 Å². The minimum Gasteiger partial charge on any atom is -0.480 e. The Bertz CT molecular complexity index is 395. The normalized spacial score (nSPS) is 14.3. The van der Waals surface area contributed by atoms with Gasteiger partial charge in [-0.3, -0.25) is 4.79 Å². The number of carboxylic acids is 1. The Morgan fingerprint density at radius 3 is 2.76 bits per heavy atom. The van der Waals surface area contributed by atoms with Crippen LogP contribution in [0.1, 0.15) is 25.8 Å². The maximum atomic E-state index is 13.0. The van der Waals surface area contributed by atoms with Gasteiger partial charge >= 0.3 is 5.97 Å². The average molecular weight is 239 g/mol. The summed E-state index contributed by atoms with van der Waals surface area (Å²) in [5, 5.41) is 12.2. The van der Waals surface area contributed by atoms with Gasteiger partial charge in [-0.25, -0.2) is 4.39 Å². The highest BCUT2D eigenvalue weighted by atomic mass is 19.1. The minimum absolute atomic E-state index is 0.264. The van der Waals surface area contributed by atoms with Gasteiger partial charge < -0.3 is 10.4 Å². The average Bonchev–Trinajstić information content (AvgIpc) is 2.26. The molecule has 0 aliphatic heterocycles. The third-order valence-electron chi connectivity index (χ3n) is 2.68. The molecule has 0 bridgehead atoms. The monoisotopic (exact) mass is 239 g/mol. The van der Waals surface area contributed by atoms with Gasteiger partial charge in [0.05, 0.1) is 0 Å². The lowest BCUT2D eigenvalue weighted by Crippen LogP contribution is -2.51. The quantitative estimate of drug-likeness (QED) is 0.800. The third-order valence-corrected chi connectivity index (χ3v) is 2.68. The van der Waals surface area contributed by atoms with Crippen molar-refractivity contribution in [2.24, 2.45) is 0 Å². The molecule has 1 atom stereocenters. The number of aliphatic carboxylic acids is 1. The van der Waals surface area contributed by atoms with Gasteiger partial charge in [0.25, 0.3) is 0 Å². The van der Waals surface area contributed by atoms with Crippen molar-refractivity contribution in [3.8, 4) is 0 Å². The van der Waals surface area contributed by atoms with Gasteiger partial charge in [-0.1, -0.05) is 19.1 Å². The molecule has 0 heterocycles. The molecule has 4 heteroatoms. The third kappa shape index (κ3) is 3.82. The zero-order valence-corrected chi connectivity index (χ0v) is 10.2. The van der Waals surface area contributed by atoms with Crippen molar-refractivity contribution in [2.75, 3.05) is 6.54 Å². The first-order chi connectivity index (χ1) is 7.98. The summed E-state index contributed by atoms with van der Waals surface area (Å²) in [6.45, 7) is 4.21. The SMILES string of the molecule is CCCNC(C)(Cc1cccc(F)c1)C(=O)O. The summed E-state index contributed by atoms with van der Waals surface area (Å²) >= 11 is 0. The molecule has 0 amide bonds. The summed E-state index contributed by atoms with van der Waals surface area (Å²) in [5.74, 6) is -1.26. The molecule has 17 heavy (non-hydrogen) atoms. The maximum absolute atomic E-state index is 13.0. The first-order valence-electron chi connectivity index (χ1n) is 5.71. The number of carboxylic acid groups (broad SMARTS) is 1. The Hall–Kier alpha value is -1.42. The number of halogens is 1. The molecule has 0 aliphatic rings. The Labute approximate surface area is 101 Å². The topological polar surface area (TPSA) is 49.3 Å². The molecule has 0 radical (unpaired) electrons. The summed E-state index contributed by atoms with van der Waals surface area (Å²) in [7, 11) is 0. The van der Waals surface area contributed by atoms with E-state index in [2.05, 4.69) is 5.32 Å².